The van der Waals surface area contributed by atoms with E-state index in [9.17, 15) is 5.26 Å². The van der Waals surface area contributed by atoms with Gasteiger partial charge in [0.15, 0.2) is 0 Å². The lowest BCUT2D eigenvalue weighted by molar-refractivity contribution is 0.223. The summed E-state index contributed by atoms with van der Waals surface area (Å²) in [5, 5.41) is 13.9. The van der Waals surface area contributed by atoms with Crippen LogP contribution in [-0.2, 0) is 12.8 Å². The van der Waals surface area contributed by atoms with Gasteiger partial charge in [-0.25, -0.2) is 0 Å². The van der Waals surface area contributed by atoms with Crippen LogP contribution in [0, 0.1) is 52.8 Å². The summed E-state index contributed by atoms with van der Waals surface area (Å²) in [6.07, 6.45) is 44.4. The highest BCUT2D eigenvalue weighted by molar-refractivity contribution is 5.86. The quantitative estimate of drug-likeness (QED) is 0.333. The first kappa shape index (κ1) is 30.7. The number of hydrogen-bond donors (Lipinski definition) is 1. The van der Waals surface area contributed by atoms with Crippen molar-refractivity contribution < 1.29 is 0 Å². The van der Waals surface area contributed by atoms with E-state index in [0.717, 1.165) is 37.7 Å². The molecule has 10 unspecified atom stereocenters. The Morgan fingerprint density at radius 1 is 0.766 bits per heavy atom. The van der Waals surface area contributed by atoms with Crippen molar-refractivity contribution in [1.29, 1.82) is 5.26 Å². The number of fused-ring (bicyclic) bond motifs is 2. The summed E-state index contributed by atoms with van der Waals surface area (Å²) in [6, 6.07) is 7.61. The maximum Gasteiger partial charge on any atom is 0.101 e. The molecule has 3 heteroatoms. The molecule has 47 heavy (non-hydrogen) atoms. The number of nitriles is 1. The van der Waals surface area contributed by atoms with Gasteiger partial charge in [-0.1, -0.05) is 92.0 Å². The first-order valence-corrected chi connectivity index (χ1v) is 18.8. The molecule has 0 spiro atoms. The first-order chi connectivity index (χ1) is 23.2. The van der Waals surface area contributed by atoms with Crippen LogP contribution in [0.4, 0.5) is 0 Å². The Labute approximate surface area is 282 Å². The second-order valence-corrected chi connectivity index (χ2v) is 15.4. The summed E-state index contributed by atoms with van der Waals surface area (Å²) in [6.45, 7) is 2.46. The zero-order chi connectivity index (χ0) is 31.7. The number of rotatable bonds is 5. The van der Waals surface area contributed by atoms with Gasteiger partial charge in [-0.3, -0.25) is 4.99 Å². The predicted molar refractivity (Wildman–Crippen MR) is 194 cm³/mol. The first-order valence-electron chi connectivity index (χ1n) is 18.8. The molecule has 1 aromatic rings. The standard InChI is InChI=1S/C44H51N3/c1-29-42(31-12-4-2-5-13-31)46-44(33-14-6-3-7-15-33)47-43(29)32-22-20-30(21-23-32)36-26-27-41(39-19-11-10-18-38(36)39)40-25-24-34(28-45)35-16-8-9-17-37(35)40/h2-4,6,10-12,18-20,22,24-27,29-30,32-33,36,38-39,41-43H,5,7-9,13-17,21,23H2,1H3,(H,46,47). The predicted octanol–water partition coefficient (Wildman–Crippen LogP) is 9.66. The molecule has 0 fully saturated rings. The van der Waals surface area contributed by atoms with Crippen LogP contribution in [0.5, 0.6) is 0 Å². The van der Waals surface area contributed by atoms with E-state index >= 15 is 0 Å². The highest BCUT2D eigenvalue weighted by Crippen LogP contribution is 2.49. The van der Waals surface area contributed by atoms with E-state index in [1.54, 1.807) is 0 Å². The Balaban J connectivity index is 1.04. The van der Waals surface area contributed by atoms with Crippen molar-refractivity contribution in [2.45, 2.75) is 95.6 Å². The van der Waals surface area contributed by atoms with E-state index in [2.05, 4.69) is 109 Å². The fourth-order valence-electron chi connectivity index (χ4n) is 10.3. The molecule has 0 saturated carbocycles. The van der Waals surface area contributed by atoms with E-state index in [4.69, 9.17) is 4.99 Å². The lowest BCUT2D eigenvalue weighted by Crippen LogP contribution is -2.54. The Bertz CT molecular complexity index is 1640. The van der Waals surface area contributed by atoms with E-state index < -0.39 is 0 Å². The van der Waals surface area contributed by atoms with Crippen LogP contribution in [0.1, 0.15) is 92.9 Å². The van der Waals surface area contributed by atoms with Crippen LogP contribution in [-0.4, -0.2) is 17.9 Å². The molecule has 1 N–H and O–H groups in total. The monoisotopic (exact) mass is 621 g/mol. The zero-order valence-corrected chi connectivity index (χ0v) is 28.1. The summed E-state index contributed by atoms with van der Waals surface area (Å²) in [4.78, 5) is 5.46. The molecular weight excluding hydrogens is 571 g/mol. The Kier molecular flexibility index (Phi) is 8.79. The van der Waals surface area contributed by atoms with Crippen molar-refractivity contribution in [2.75, 3.05) is 0 Å². The number of nitrogens with zero attached hydrogens (tertiary/aromatic N) is 2. The maximum atomic E-state index is 9.82. The van der Waals surface area contributed by atoms with Gasteiger partial charge in [-0.15, -0.1) is 0 Å². The van der Waals surface area contributed by atoms with Gasteiger partial charge in [0.25, 0.3) is 0 Å². The summed E-state index contributed by atoms with van der Waals surface area (Å²) < 4.78 is 0. The van der Waals surface area contributed by atoms with Crippen molar-refractivity contribution >= 4 is 5.84 Å². The topological polar surface area (TPSA) is 48.2 Å². The molecule has 0 bridgehead atoms. The van der Waals surface area contributed by atoms with Crippen LogP contribution >= 0.6 is 0 Å². The molecule has 0 saturated heterocycles. The molecule has 8 rings (SSSR count). The fraction of sp³-hybridized carbons (Fsp3) is 0.500. The number of hydrogen-bond acceptors (Lipinski definition) is 3. The zero-order valence-electron chi connectivity index (χ0n) is 28.1. The van der Waals surface area contributed by atoms with Gasteiger partial charge in [0, 0.05) is 23.8 Å². The lowest BCUT2D eigenvalue weighted by Gasteiger charge is -2.45. The van der Waals surface area contributed by atoms with Crippen molar-refractivity contribution in [3.05, 3.63) is 119 Å². The molecule has 10 atom stereocenters. The largest absolute Gasteiger partial charge is 0.370 e. The van der Waals surface area contributed by atoms with Gasteiger partial charge in [-0.05, 0) is 129 Å². The average molecular weight is 622 g/mol. The Hall–Kier alpha value is -3.64. The second-order valence-electron chi connectivity index (χ2n) is 15.4. The molecule has 3 nitrogen and oxygen atoms in total. The molecule has 242 valence electrons. The Morgan fingerprint density at radius 2 is 1.60 bits per heavy atom. The van der Waals surface area contributed by atoms with Crippen LogP contribution in [0.25, 0.3) is 0 Å². The fourth-order valence-corrected chi connectivity index (χ4v) is 10.3. The smallest absolute Gasteiger partial charge is 0.101 e. The summed E-state index contributed by atoms with van der Waals surface area (Å²) in [5.74, 6) is 5.29. The summed E-state index contributed by atoms with van der Waals surface area (Å²) in [5.41, 5.74) is 6.71. The van der Waals surface area contributed by atoms with Crippen LogP contribution in [0.15, 0.2) is 102 Å². The molecule has 6 aliphatic carbocycles. The summed E-state index contributed by atoms with van der Waals surface area (Å²) >= 11 is 0. The molecule has 1 heterocycles. The van der Waals surface area contributed by atoms with Crippen molar-refractivity contribution in [3.8, 4) is 6.07 Å². The van der Waals surface area contributed by atoms with Crippen molar-refractivity contribution in [2.24, 2.45) is 46.4 Å². The molecule has 1 aliphatic heterocycles. The third-order valence-electron chi connectivity index (χ3n) is 12.8. The minimum atomic E-state index is 0.296. The minimum Gasteiger partial charge on any atom is -0.370 e. The molecule has 0 radical (unpaired) electrons. The third-order valence-corrected chi connectivity index (χ3v) is 12.8. The van der Waals surface area contributed by atoms with Crippen LogP contribution in [0.3, 0.4) is 0 Å². The highest BCUT2D eigenvalue weighted by atomic mass is 15.1. The highest BCUT2D eigenvalue weighted by Gasteiger charge is 2.42. The van der Waals surface area contributed by atoms with Gasteiger partial charge in [0.1, 0.15) is 5.84 Å². The molecule has 1 aromatic carbocycles. The number of nitrogens with one attached hydrogen (secondary N) is 1. The van der Waals surface area contributed by atoms with Crippen LogP contribution in [0.2, 0.25) is 0 Å². The van der Waals surface area contributed by atoms with Gasteiger partial charge in [0.2, 0.25) is 0 Å². The van der Waals surface area contributed by atoms with E-state index in [1.807, 2.05) is 0 Å². The molecule has 0 amide bonds. The van der Waals surface area contributed by atoms with E-state index in [0.29, 0.717) is 59.4 Å². The number of benzene rings is 1. The number of amidine groups is 1. The summed E-state index contributed by atoms with van der Waals surface area (Å²) in [7, 11) is 0. The molecule has 0 aromatic heterocycles. The minimum absolute atomic E-state index is 0.296. The molecule has 7 aliphatic rings. The number of allylic oxidation sites excluding steroid dienone is 12. The SMILES string of the molecule is CC1C(C2=CC=CCC2)N=C(C2CC=CCC2)NC1C1C=CC(C2C=CC(c3ccc(C#N)c4c3CCCC4)C3C=CC=CC23)CC1. The van der Waals surface area contributed by atoms with Crippen molar-refractivity contribution in [1.82, 2.24) is 5.32 Å². The average Bonchev–Trinajstić information content (AvgIpc) is 3.15. The van der Waals surface area contributed by atoms with E-state index in [-0.39, 0.29) is 0 Å². The maximum absolute atomic E-state index is 9.82. The van der Waals surface area contributed by atoms with Gasteiger partial charge >= 0.3 is 0 Å². The van der Waals surface area contributed by atoms with Crippen LogP contribution < -0.4 is 5.32 Å². The second kappa shape index (κ2) is 13.5. The lowest BCUT2D eigenvalue weighted by atomic mass is 9.61. The third kappa shape index (κ3) is 5.88. The van der Waals surface area contributed by atoms with Gasteiger partial charge in [0.05, 0.1) is 17.7 Å². The van der Waals surface area contributed by atoms with Gasteiger partial charge in [-0.2, -0.15) is 5.26 Å². The molecular formula is C44H51N3. The number of aliphatic imine (C=N–C) groups is 1. The van der Waals surface area contributed by atoms with E-state index in [1.165, 1.54) is 66.6 Å². The normalized spacial score (nSPS) is 37.3. The van der Waals surface area contributed by atoms with Gasteiger partial charge < -0.3 is 5.32 Å². The van der Waals surface area contributed by atoms with Crippen molar-refractivity contribution in [3.63, 3.8) is 0 Å². The Morgan fingerprint density at radius 3 is 2.36 bits per heavy atom.